The van der Waals surface area contributed by atoms with Gasteiger partial charge in [-0.2, -0.15) is 13.2 Å². The number of carbonyl (C=O) groups excluding carboxylic acids is 1. The van der Waals surface area contributed by atoms with Crippen molar-refractivity contribution in [2.24, 2.45) is 0 Å². The summed E-state index contributed by atoms with van der Waals surface area (Å²) in [6.45, 7) is -1.95. The second kappa shape index (κ2) is 5.81. The molecule has 0 atom stereocenters. The summed E-state index contributed by atoms with van der Waals surface area (Å²) >= 11 is 5.75. The number of anilines is 1. The van der Waals surface area contributed by atoms with Crippen molar-refractivity contribution in [3.05, 3.63) is 23.2 Å². The molecule has 0 unspecified atom stereocenters. The molecule has 0 spiro atoms. The van der Waals surface area contributed by atoms with Crippen LogP contribution >= 0.6 is 11.6 Å². The molecule has 1 aromatic carbocycles. The number of alkyl halides is 3. The van der Waals surface area contributed by atoms with Gasteiger partial charge in [0.25, 0.3) is 5.91 Å². The van der Waals surface area contributed by atoms with Crippen molar-refractivity contribution in [1.29, 1.82) is 0 Å². The van der Waals surface area contributed by atoms with Crippen LogP contribution in [0.2, 0.25) is 5.02 Å². The van der Waals surface area contributed by atoms with Gasteiger partial charge in [0.2, 0.25) is 0 Å². The van der Waals surface area contributed by atoms with E-state index in [-0.39, 0.29) is 10.8 Å². The highest BCUT2D eigenvalue weighted by atomic mass is 35.5. The number of halogens is 4. The maximum Gasteiger partial charge on any atom is 0.405 e. The Kier molecular flexibility index (Phi) is 4.66. The van der Waals surface area contributed by atoms with Gasteiger partial charge in [-0.15, -0.1) is 0 Å². The number of ether oxygens (including phenoxy) is 1. The lowest BCUT2D eigenvalue weighted by Gasteiger charge is -2.10. The number of rotatable bonds is 4. The lowest BCUT2D eigenvalue weighted by molar-refractivity contribution is -0.139. The summed E-state index contributed by atoms with van der Waals surface area (Å²) in [6.07, 6.45) is -4.45. The van der Waals surface area contributed by atoms with Gasteiger partial charge in [-0.05, 0) is 18.2 Å². The van der Waals surface area contributed by atoms with Gasteiger partial charge in [-0.3, -0.25) is 4.79 Å². The van der Waals surface area contributed by atoms with Gasteiger partial charge in [0.15, 0.2) is 6.61 Å². The third kappa shape index (κ3) is 5.13. The Hall–Kier alpha value is -1.63. The third-order valence-electron chi connectivity index (χ3n) is 1.80. The molecule has 18 heavy (non-hydrogen) atoms. The minimum Gasteiger partial charge on any atom is -0.482 e. The van der Waals surface area contributed by atoms with Gasteiger partial charge >= 0.3 is 6.18 Å². The number of nitrogen functional groups attached to an aromatic ring is 1. The number of nitrogens with two attached hydrogens (primary N) is 1. The van der Waals surface area contributed by atoms with E-state index in [0.717, 1.165) is 0 Å². The molecule has 0 saturated carbocycles. The highest BCUT2D eigenvalue weighted by Gasteiger charge is 2.27. The fraction of sp³-hybridized carbons (Fsp3) is 0.300. The van der Waals surface area contributed by atoms with Crippen LogP contribution < -0.4 is 15.8 Å². The summed E-state index contributed by atoms with van der Waals surface area (Å²) in [5.41, 5.74) is 5.85. The smallest absolute Gasteiger partial charge is 0.405 e. The summed E-state index contributed by atoms with van der Waals surface area (Å²) < 4.78 is 40.3. The van der Waals surface area contributed by atoms with E-state index in [1.54, 1.807) is 5.32 Å². The Bertz CT molecular complexity index is 438. The Morgan fingerprint density at radius 1 is 1.44 bits per heavy atom. The molecule has 1 aromatic rings. The molecule has 0 aromatic heterocycles. The lowest BCUT2D eigenvalue weighted by Crippen LogP contribution is -2.36. The van der Waals surface area contributed by atoms with E-state index < -0.39 is 25.2 Å². The quantitative estimate of drug-likeness (QED) is 0.830. The number of benzene rings is 1. The molecule has 0 aliphatic carbocycles. The van der Waals surface area contributed by atoms with Gasteiger partial charge in [0.1, 0.15) is 12.3 Å². The average molecular weight is 283 g/mol. The van der Waals surface area contributed by atoms with Gasteiger partial charge in [-0.1, -0.05) is 11.6 Å². The molecule has 8 heteroatoms. The molecule has 4 nitrogen and oxygen atoms in total. The predicted octanol–water partition coefficient (Wildman–Crippen LogP) is 1.98. The van der Waals surface area contributed by atoms with Crippen molar-refractivity contribution in [2.75, 3.05) is 18.9 Å². The van der Waals surface area contributed by atoms with Crippen LogP contribution in [0.25, 0.3) is 0 Å². The van der Waals surface area contributed by atoms with E-state index in [9.17, 15) is 18.0 Å². The Labute approximate surface area is 106 Å². The number of nitrogens with one attached hydrogen (secondary N) is 1. The molecule has 0 bridgehead atoms. The van der Waals surface area contributed by atoms with Crippen LogP contribution in [-0.2, 0) is 4.79 Å². The zero-order valence-electron chi connectivity index (χ0n) is 9.05. The normalized spacial score (nSPS) is 11.1. The predicted molar refractivity (Wildman–Crippen MR) is 60.4 cm³/mol. The summed E-state index contributed by atoms with van der Waals surface area (Å²) in [5.74, 6) is -0.715. The number of amides is 1. The number of hydrogen-bond donors (Lipinski definition) is 2. The first kappa shape index (κ1) is 14.4. The lowest BCUT2D eigenvalue weighted by atomic mass is 10.3. The molecule has 0 aliphatic rings. The van der Waals surface area contributed by atoms with Crippen molar-refractivity contribution in [3.63, 3.8) is 0 Å². The summed E-state index contributed by atoms with van der Waals surface area (Å²) in [6, 6.07) is 4.33. The van der Waals surface area contributed by atoms with Crippen LogP contribution in [0.1, 0.15) is 0 Å². The Morgan fingerprint density at radius 2 is 2.11 bits per heavy atom. The van der Waals surface area contributed by atoms with Crippen molar-refractivity contribution >= 4 is 23.2 Å². The molecular formula is C10H10ClF3N2O2. The topological polar surface area (TPSA) is 64.3 Å². The van der Waals surface area contributed by atoms with E-state index in [1.165, 1.54) is 18.2 Å². The molecule has 1 rings (SSSR count). The second-order valence-electron chi connectivity index (χ2n) is 3.37. The van der Waals surface area contributed by atoms with E-state index in [2.05, 4.69) is 0 Å². The Balaban J connectivity index is 2.43. The van der Waals surface area contributed by atoms with E-state index in [0.29, 0.717) is 5.69 Å². The summed E-state index contributed by atoms with van der Waals surface area (Å²) in [5, 5.41) is 1.85. The van der Waals surface area contributed by atoms with Gasteiger partial charge < -0.3 is 15.8 Å². The number of hydrogen-bond acceptors (Lipinski definition) is 3. The van der Waals surface area contributed by atoms with Crippen LogP contribution in [0.5, 0.6) is 5.75 Å². The monoisotopic (exact) mass is 282 g/mol. The summed E-state index contributed by atoms with van der Waals surface area (Å²) in [7, 11) is 0. The first-order chi connectivity index (χ1) is 8.28. The molecule has 100 valence electrons. The van der Waals surface area contributed by atoms with Gasteiger partial charge in [-0.25, -0.2) is 0 Å². The van der Waals surface area contributed by atoms with Crippen molar-refractivity contribution < 1.29 is 22.7 Å². The van der Waals surface area contributed by atoms with Crippen molar-refractivity contribution in [3.8, 4) is 5.75 Å². The van der Waals surface area contributed by atoms with Crippen LogP contribution in [0.4, 0.5) is 18.9 Å². The maximum absolute atomic E-state index is 11.8. The number of carbonyl (C=O) groups is 1. The maximum atomic E-state index is 11.8. The zero-order chi connectivity index (χ0) is 13.8. The molecule has 0 fully saturated rings. The molecule has 0 radical (unpaired) electrons. The minimum absolute atomic E-state index is 0.174. The van der Waals surface area contributed by atoms with E-state index >= 15 is 0 Å². The molecule has 0 heterocycles. The fourth-order valence-corrected chi connectivity index (χ4v) is 1.27. The van der Waals surface area contributed by atoms with Crippen LogP contribution in [0, 0.1) is 0 Å². The zero-order valence-corrected chi connectivity index (χ0v) is 9.81. The standard InChI is InChI=1S/C10H10ClF3N2O2/c11-7-3-6(15)1-2-8(7)18-4-9(17)16-5-10(12,13)14/h1-3H,4-5,15H2,(H,16,17). The van der Waals surface area contributed by atoms with Crippen LogP contribution in [0.3, 0.4) is 0 Å². The fourth-order valence-electron chi connectivity index (χ4n) is 1.03. The molecule has 1 amide bonds. The largest absolute Gasteiger partial charge is 0.482 e. The van der Waals surface area contributed by atoms with Crippen LogP contribution in [-0.4, -0.2) is 25.2 Å². The van der Waals surface area contributed by atoms with Crippen LogP contribution in [0.15, 0.2) is 18.2 Å². The Morgan fingerprint density at radius 3 is 2.67 bits per heavy atom. The van der Waals surface area contributed by atoms with E-state index in [1.807, 2.05) is 0 Å². The van der Waals surface area contributed by atoms with Gasteiger partial charge in [0.05, 0.1) is 5.02 Å². The molecule has 3 N–H and O–H groups in total. The molecular weight excluding hydrogens is 273 g/mol. The first-order valence-electron chi connectivity index (χ1n) is 4.79. The summed E-state index contributed by atoms with van der Waals surface area (Å²) in [4.78, 5) is 11.0. The van der Waals surface area contributed by atoms with Gasteiger partial charge in [0, 0.05) is 5.69 Å². The highest BCUT2D eigenvalue weighted by molar-refractivity contribution is 6.32. The molecule has 0 saturated heterocycles. The minimum atomic E-state index is -4.45. The van der Waals surface area contributed by atoms with Crippen molar-refractivity contribution in [2.45, 2.75) is 6.18 Å². The van der Waals surface area contributed by atoms with Crippen molar-refractivity contribution in [1.82, 2.24) is 5.32 Å². The SMILES string of the molecule is Nc1ccc(OCC(=O)NCC(F)(F)F)c(Cl)c1. The second-order valence-corrected chi connectivity index (χ2v) is 3.78. The van der Waals surface area contributed by atoms with E-state index in [4.69, 9.17) is 22.1 Å². The third-order valence-corrected chi connectivity index (χ3v) is 2.10. The molecule has 0 aliphatic heterocycles. The first-order valence-corrected chi connectivity index (χ1v) is 5.17. The highest BCUT2D eigenvalue weighted by Crippen LogP contribution is 2.26. The average Bonchev–Trinajstić information content (AvgIpc) is 2.24.